The maximum Gasteiger partial charge on any atom is 0.262 e. The van der Waals surface area contributed by atoms with Crippen LogP contribution < -0.4 is 9.88 Å². The lowest BCUT2D eigenvalue weighted by molar-refractivity contribution is -0.659. The van der Waals surface area contributed by atoms with Gasteiger partial charge in [0.25, 0.3) is 5.91 Å². The molecule has 4 aliphatic carbocycles. The molecule has 0 aliphatic heterocycles. The van der Waals surface area contributed by atoms with E-state index >= 15 is 0 Å². The maximum absolute atomic E-state index is 12.9. The molecule has 4 fully saturated rings. The van der Waals surface area contributed by atoms with Crippen LogP contribution in [0.1, 0.15) is 45.4 Å². The molecule has 4 heteroatoms. The number of imidazole rings is 1. The minimum absolute atomic E-state index is 0.121. The molecule has 0 unspecified atom stereocenters. The zero-order chi connectivity index (χ0) is 18.6. The van der Waals surface area contributed by atoms with Crippen molar-refractivity contribution in [3.8, 4) is 0 Å². The van der Waals surface area contributed by atoms with E-state index in [-0.39, 0.29) is 11.9 Å². The number of carbonyl (C=O) groups excluding carboxylic acids is 1. The summed E-state index contributed by atoms with van der Waals surface area (Å²) in [6.45, 7) is 6.49. The molecule has 1 amide bonds. The van der Waals surface area contributed by atoms with Gasteiger partial charge in [-0.15, -0.1) is 0 Å². The number of aromatic nitrogens is 2. The smallest absolute Gasteiger partial charge is 0.262 e. The van der Waals surface area contributed by atoms with Crippen molar-refractivity contribution in [2.24, 2.45) is 23.2 Å². The Labute approximate surface area is 161 Å². The summed E-state index contributed by atoms with van der Waals surface area (Å²) in [7, 11) is 0. The van der Waals surface area contributed by atoms with Crippen LogP contribution in [0.15, 0.2) is 37.2 Å². The standard InChI is InChI=1S/C23H29N3O/c1-3-25-15-26(21-7-5-4-6-20(21)25)14-22(27)24-16(2)23-11-17-8-18(12-23)10-19(9-17)13-23/h3-7,15-19H,1,8-14H2,2H3/p+1/t16-,17?,18?,19?,23?/m0/s1. The minimum atomic E-state index is 0.121. The Morgan fingerprint density at radius 3 is 2.52 bits per heavy atom. The van der Waals surface area contributed by atoms with E-state index < -0.39 is 0 Å². The summed E-state index contributed by atoms with van der Waals surface area (Å²) in [5, 5.41) is 3.38. The first-order chi connectivity index (χ1) is 13.1. The lowest BCUT2D eigenvalue weighted by Gasteiger charge is -2.59. The Kier molecular flexibility index (Phi) is 3.92. The van der Waals surface area contributed by atoms with Crippen molar-refractivity contribution in [2.75, 3.05) is 0 Å². The molecule has 1 atom stereocenters. The van der Waals surface area contributed by atoms with E-state index in [0.717, 1.165) is 28.8 Å². The number of benzene rings is 1. The molecule has 1 aromatic heterocycles. The normalized spacial score (nSPS) is 32.6. The number of fused-ring (bicyclic) bond motifs is 1. The molecule has 2 aromatic rings. The quantitative estimate of drug-likeness (QED) is 0.806. The average molecular weight is 365 g/mol. The number of hydrogen-bond donors (Lipinski definition) is 1. The molecule has 4 bridgehead atoms. The first-order valence-electron chi connectivity index (χ1n) is 10.5. The van der Waals surface area contributed by atoms with Gasteiger partial charge in [0.1, 0.15) is 0 Å². The van der Waals surface area contributed by atoms with Gasteiger partial charge in [-0.3, -0.25) is 4.79 Å². The van der Waals surface area contributed by atoms with Crippen LogP contribution in [0, 0.1) is 23.2 Å². The van der Waals surface area contributed by atoms with Gasteiger partial charge in [-0.1, -0.05) is 18.7 Å². The molecule has 0 spiro atoms. The SMILES string of the molecule is C=Cn1c[n+](CC(=O)N[C@@H](C)C23CC4CC(CC(C4)C2)C3)c2ccccc21. The molecule has 4 saturated carbocycles. The van der Waals surface area contributed by atoms with E-state index in [2.05, 4.69) is 31.0 Å². The number of nitrogens with one attached hydrogen (secondary N) is 1. The Balaban J connectivity index is 1.32. The van der Waals surface area contributed by atoms with E-state index in [1.807, 2.05) is 27.6 Å². The number of nitrogens with zero attached hydrogens (tertiary/aromatic N) is 2. The molecule has 142 valence electrons. The van der Waals surface area contributed by atoms with E-state index in [0.29, 0.717) is 12.0 Å². The largest absolute Gasteiger partial charge is 0.350 e. The predicted octanol–water partition coefficient (Wildman–Crippen LogP) is 3.75. The third-order valence-corrected chi connectivity index (χ3v) is 7.63. The zero-order valence-electron chi connectivity index (χ0n) is 16.2. The van der Waals surface area contributed by atoms with Crippen LogP contribution in [0.5, 0.6) is 0 Å². The second-order valence-electron chi connectivity index (χ2n) is 9.39. The number of para-hydroxylation sites is 2. The van der Waals surface area contributed by atoms with Crippen molar-refractivity contribution >= 4 is 23.1 Å². The highest BCUT2D eigenvalue weighted by atomic mass is 16.2. The lowest BCUT2D eigenvalue weighted by atomic mass is 9.48. The summed E-state index contributed by atoms with van der Waals surface area (Å²) >= 11 is 0. The predicted molar refractivity (Wildman–Crippen MR) is 107 cm³/mol. The van der Waals surface area contributed by atoms with Gasteiger partial charge in [-0.05, 0) is 80.8 Å². The molecule has 0 saturated heterocycles. The zero-order valence-corrected chi connectivity index (χ0v) is 16.2. The summed E-state index contributed by atoms with van der Waals surface area (Å²) in [4.78, 5) is 12.9. The van der Waals surface area contributed by atoms with E-state index in [1.54, 1.807) is 6.20 Å². The van der Waals surface area contributed by atoms with Crippen LogP contribution in [0.25, 0.3) is 17.2 Å². The second kappa shape index (κ2) is 6.22. The van der Waals surface area contributed by atoms with Crippen molar-refractivity contribution in [1.29, 1.82) is 0 Å². The van der Waals surface area contributed by atoms with Crippen molar-refractivity contribution in [1.82, 2.24) is 9.88 Å². The Bertz CT molecular complexity index is 861. The highest BCUT2D eigenvalue weighted by Gasteiger charge is 2.53. The van der Waals surface area contributed by atoms with E-state index in [1.165, 1.54) is 38.5 Å². The van der Waals surface area contributed by atoms with Gasteiger partial charge in [-0.2, -0.15) is 0 Å². The fourth-order valence-electron chi connectivity index (χ4n) is 6.77. The molecule has 0 radical (unpaired) electrons. The van der Waals surface area contributed by atoms with Crippen LogP contribution in [0.3, 0.4) is 0 Å². The molecule has 6 rings (SSSR count). The van der Waals surface area contributed by atoms with Crippen LogP contribution in [0.2, 0.25) is 0 Å². The lowest BCUT2D eigenvalue weighted by Crippen LogP contribution is -2.57. The van der Waals surface area contributed by atoms with Crippen LogP contribution in [-0.4, -0.2) is 16.5 Å². The number of rotatable bonds is 5. The van der Waals surface area contributed by atoms with Gasteiger partial charge in [0, 0.05) is 6.04 Å². The second-order valence-corrected chi connectivity index (χ2v) is 9.39. The third-order valence-electron chi connectivity index (χ3n) is 7.63. The van der Waals surface area contributed by atoms with Crippen molar-refractivity contribution in [3.63, 3.8) is 0 Å². The van der Waals surface area contributed by atoms with Crippen molar-refractivity contribution in [3.05, 3.63) is 37.2 Å². The molecule has 4 nitrogen and oxygen atoms in total. The number of amides is 1. The third kappa shape index (κ3) is 2.81. The number of hydrogen-bond acceptors (Lipinski definition) is 1. The summed E-state index contributed by atoms with van der Waals surface area (Å²) in [5.41, 5.74) is 2.49. The van der Waals surface area contributed by atoms with Crippen molar-refractivity contribution < 1.29 is 9.36 Å². The van der Waals surface area contributed by atoms with E-state index in [9.17, 15) is 4.79 Å². The molecule has 4 aliphatic rings. The maximum atomic E-state index is 12.9. The average Bonchev–Trinajstić information content (AvgIpc) is 2.98. The fraction of sp³-hybridized carbons (Fsp3) is 0.565. The summed E-state index contributed by atoms with van der Waals surface area (Å²) in [6.07, 6.45) is 12.0. The molecular formula is C23H30N3O+. The van der Waals surface area contributed by atoms with Gasteiger partial charge in [0.05, 0.1) is 6.20 Å². The van der Waals surface area contributed by atoms with Gasteiger partial charge in [-0.25, -0.2) is 9.13 Å². The van der Waals surface area contributed by atoms with E-state index in [4.69, 9.17) is 0 Å². The molecule has 1 heterocycles. The molecular weight excluding hydrogens is 334 g/mol. The molecule has 27 heavy (non-hydrogen) atoms. The van der Waals surface area contributed by atoms with Crippen LogP contribution >= 0.6 is 0 Å². The summed E-state index contributed by atoms with van der Waals surface area (Å²) in [6, 6.07) is 8.42. The Morgan fingerprint density at radius 1 is 1.26 bits per heavy atom. The Hall–Kier alpha value is -2.10. The van der Waals surface area contributed by atoms with Crippen LogP contribution in [-0.2, 0) is 11.3 Å². The van der Waals surface area contributed by atoms with Gasteiger partial charge in [0.2, 0.25) is 6.33 Å². The molecule has 1 N–H and O–H groups in total. The first kappa shape index (κ1) is 17.0. The van der Waals surface area contributed by atoms with Gasteiger partial charge >= 0.3 is 0 Å². The Morgan fingerprint density at radius 2 is 1.89 bits per heavy atom. The summed E-state index contributed by atoms with van der Waals surface area (Å²) < 4.78 is 4.00. The van der Waals surface area contributed by atoms with Gasteiger partial charge < -0.3 is 5.32 Å². The first-order valence-corrected chi connectivity index (χ1v) is 10.5. The monoisotopic (exact) mass is 364 g/mol. The summed E-state index contributed by atoms with van der Waals surface area (Å²) in [5.74, 6) is 2.86. The van der Waals surface area contributed by atoms with Crippen LogP contribution in [0.4, 0.5) is 0 Å². The fourth-order valence-corrected chi connectivity index (χ4v) is 6.77. The van der Waals surface area contributed by atoms with Gasteiger partial charge in [0.15, 0.2) is 17.6 Å². The highest BCUT2D eigenvalue weighted by molar-refractivity contribution is 5.77. The molecule has 1 aromatic carbocycles. The number of carbonyl (C=O) groups is 1. The highest BCUT2D eigenvalue weighted by Crippen LogP contribution is 2.61. The minimum Gasteiger partial charge on any atom is -0.350 e. The van der Waals surface area contributed by atoms with Crippen molar-refractivity contribution in [2.45, 2.75) is 58.0 Å². The topological polar surface area (TPSA) is 37.9 Å².